The van der Waals surface area contributed by atoms with E-state index in [-0.39, 0.29) is 5.91 Å². The van der Waals surface area contributed by atoms with E-state index in [0.29, 0.717) is 24.7 Å². The predicted octanol–water partition coefficient (Wildman–Crippen LogP) is 4.60. The zero-order valence-electron chi connectivity index (χ0n) is 14.8. The SMILES string of the molecule is CCC(=O)NC(C)(C)COc1ccc(COc2ccc(Cl)cc2)cc1. The molecule has 2 aromatic carbocycles. The molecule has 0 saturated heterocycles. The molecule has 0 atom stereocenters. The molecule has 0 aliphatic rings. The number of benzene rings is 2. The van der Waals surface area contributed by atoms with Crippen molar-refractivity contribution in [3.63, 3.8) is 0 Å². The van der Waals surface area contributed by atoms with Crippen LogP contribution in [0.15, 0.2) is 48.5 Å². The molecule has 2 rings (SSSR count). The Bertz CT molecular complexity index is 681. The molecular formula is C20H24ClNO3. The number of carbonyl (C=O) groups excluding carboxylic acids is 1. The Morgan fingerprint density at radius 1 is 1.00 bits per heavy atom. The Kier molecular flexibility index (Phi) is 6.71. The predicted molar refractivity (Wildman–Crippen MR) is 100 cm³/mol. The molecule has 134 valence electrons. The largest absolute Gasteiger partial charge is 0.491 e. The van der Waals surface area contributed by atoms with Crippen LogP contribution < -0.4 is 14.8 Å². The number of rotatable bonds is 8. The molecule has 0 aliphatic heterocycles. The molecule has 1 amide bonds. The summed E-state index contributed by atoms with van der Waals surface area (Å²) in [6.45, 7) is 6.58. The van der Waals surface area contributed by atoms with Gasteiger partial charge in [-0.3, -0.25) is 4.79 Å². The van der Waals surface area contributed by atoms with Crippen LogP contribution in [0.1, 0.15) is 32.8 Å². The fourth-order valence-corrected chi connectivity index (χ4v) is 2.27. The van der Waals surface area contributed by atoms with E-state index in [9.17, 15) is 4.79 Å². The van der Waals surface area contributed by atoms with Gasteiger partial charge in [0.05, 0.1) is 5.54 Å². The minimum Gasteiger partial charge on any atom is -0.491 e. The van der Waals surface area contributed by atoms with Gasteiger partial charge in [0, 0.05) is 11.4 Å². The van der Waals surface area contributed by atoms with E-state index in [4.69, 9.17) is 21.1 Å². The third-order valence-corrected chi connectivity index (χ3v) is 3.79. The molecule has 1 N–H and O–H groups in total. The first-order valence-corrected chi connectivity index (χ1v) is 8.67. The van der Waals surface area contributed by atoms with Crippen LogP contribution in [-0.2, 0) is 11.4 Å². The van der Waals surface area contributed by atoms with E-state index in [1.807, 2.05) is 57.2 Å². The van der Waals surface area contributed by atoms with Crippen molar-refractivity contribution >= 4 is 17.5 Å². The van der Waals surface area contributed by atoms with Gasteiger partial charge in [-0.25, -0.2) is 0 Å². The lowest BCUT2D eigenvalue weighted by Crippen LogP contribution is -2.47. The van der Waals surface area contributed by atoms with E-state index < -0.39 is 5.54 Å². The van der Waals surface area contributed by atoms with E-state index >= 15 is 0 Å². The fraction of sp³-hybridized carbons (Fsp3) is 0.350. The highest BCUT2D eigenvalue weighted by molar-refractivity contribution is 6.30. The summed E-state index contributed by atoms with van der Waals surface area (Å²) in [4.78, 5) is 11.5. The van der Waals surface area contributed by atoms with E-state index in [2.05, 4.69) is 5.32 Å². The van der Waals surface area contributed by atoms with Crippen molar-refractivity contribution in [2.75, 3.05) is 6.61 Å². The Morgan fingerprint density at radius 2 is 1.56 bits per heavy atom. The van der Waals surface area contributed by atoms with Crippen molar-refractivity contribution in [2.24, 2.45) is 0 Å². The van der Waals surface area contributed by atoms with Gasteiger partial charge in [0.1, 0.15) is 24.7 Å². The van der Waals surface area contributed by atoms with Crippen molar-refractivity contribution in [2.45, 2.75) is 39.3 Å². The fourth-order valence-electron chi connectivity index (χ4n) is 2.15. The van der Waals surface area contributed by atoms with Crippen LogP contribution in [0.5, 0.6) is 11.5 Å². The second-order valence-corrected chi connectivity index (χ2v) is 6.90. The molecule has 0 aliphatic carbocycles. The normalized spacial score (nSPS) is 11.0. The van der Waals surface area contributed by atoms with Gasteiger partial charge in [0.25, 0.3) is 0 Å². The van der Waals surface area contributed by atoms with Crippen LogP contribution in [0.3, 0.4) is 0 Å². The maximum Gasteiger partial charge on any atom is 0.220 e. The van der Waals surface area contributed by atoms with Gasteiger partial charge >= 0.3 is 0 Å². The van der Waals surface area contributed by atoms with Gasteiger partial charge in [0.15, 0.2) is 0 Å². The van der Waals surface area contributed by atoms with E-state index in [0.717, 1.165) is 17.1 Å². The molecule has 0 bridgehead atoms. The average molecular weight is 362 g/mol. The summed E-state index contributed by atoms with van der Waals surface area (Å²) in [7, 11) is 0. The van der Waals surface area contributed by atoms with E-state index in [1.54, 1.807) is 12.1 Å². The lowest BCUT2D eigenvalue weighted by molar-refractivity contribution is -0.122. The van der Waals surface area contributed by atoms with Crippen LogP contribution in [0.25, 0.3) is 0 Å². The van der Waals surface area contributed by atoms with Gasteiger partial charge < -0.3 is 14.8 Å². The van der Waals surface area contributed by atoms with Crippen LogP contribution in [0.2, 0.25) is 5.02 Å². The number of carbonyl (C=O) groups is 1. The lowest BCUT2D eigenvalue weighted by Gasteiger charge is -2.26. The molecule has 0 aromatic heterocycles. The van der Waals surface area contributed by atoms with Gasteiger partial charge in [-0.2, -0.15) is 0 Å². The third-order valence-electron chi connectivity index (χ3n) is 3.54. The van der Waals surface area contributed by atoms with Gasteiger partial charge in [0.2, 0.25) is 5.91 Å². The van der Waals surface area contributed by atoms with Crippen LogP contribution in [0, 0.1) is 0 Å². The molecule has 0 saturated carbocycles. The van der Waals surface area contributed by atoms with Crippen LogP contribution in [-0.4, -0.2) is 18.1 Å². The second-order valence-electron chi connectivity index (χ2n) is 6.46. The topological polar surface area (TPSA) is 47.6 Å². The summed E-state index contributed by atoms with van der Waals surface area (Å²) in [5.74, 6) is 1.55. The van der Waals surface area contributed by atoms with Crippen LogP contribution >= 0.6 is 11.6 Å². The second kappa shape index (κ2) is 8.77. The highest BCUT2D eigenvalue weighted by Gasteiger charge is 2.20. The Hall–Kier alpha value is -2.20. The summed E-state index contributed by atoms with van der Waals surface area (Å²) < 4.78 is 11.5. The highest BCUT2D eigenvalue weighted by Crippen LogP contribution is 2.19. The molecule has 0 spiro atoms. The number of halogens is 1. The summed E-state index contributed by atoms with van der Waals surface area (Å²) in [6, 6.07) is 15.0. The first-order valence-electron chi connectivity index (χ1n) is 8.29. The number of hydrogen-bond donors (Lipinski definition) is 1. The standard InChI is InChI=1S/C20H24ClNO3/c1-4-19(23)22-20(2,3)14-25-18-9-5-15(6-10-18)13-24-17-11-7-16(21)8-12-17/h5-12H,4,13-14H2,1-3H3,(H,22,23). The minimum atomic E-state index is -0.413. The number of nitrogens with one attached hydrogen (secondary N) is 1. The molecule has 5 heteroatoms. The number of hydrogen-bond acceptors (Lipinski definition) is 3. The number of amides is 1. The zero-order chi connectivity index (χ0) is 18.3. The van der Waals surface area contributed by atoms with Crippen molar-refractivity contribution in [3.05, 3.63) is 59.1 Å². The molecule has 25 heavy (non-hydrogen) atoms. The Labute approximate surface area is 154 Å². The quantitative estimate of drug-likeness (QED) is 0.747. The molecule has 0 fully saturated rings. The van der Waals surface area contributed by atoms with Crippen molar-refractivity contribution < 1.29 is 14.3 Å². The van der Waals surface area contributed by atoms with Crippen molar-refractivity contribution in [3.8, 4) is 11.5 Å². The monoisotopic (exact) mass is 361 g/mol. The van der Waals surface area contributed by atoms with Crippen molar-refractivity contribution in [1.29, 1.82) is 0 Å². The highest BCUT2D eigenvalue weighted by atomic mass is 35.5. The summed E-state index contributed by atoms with van der Waals surface area (Å²) in [6.07, 6.45) is 0.464. The summed E-state index contributed by atoms with van der Waals surface area (Å²) in [5, 5.41) is 3.62. The van der Waals surface area contributed by atoms with Gasteiger partial charge in [-0.15, -0.1) is 0 Å². The molecule has 4 nitrogen and oxygen atoms in total. The minimum absolute atomic E-state index is 0.0169. The summed E-state index contributed by atoms with van der Waals surface area (Å²) >= 11 is 5.85. The lowest BCUT2D eigenvalue weighted by atomic mass is 10.1. The smallest absolute Gasteiger partial charge is 0.220 e. The maximum absolute atomic E-state index is 11.5. The first kappa shape index (κ1) is 19.1. The molecule has 0 unspecified atom stereocenters. The first-order chi connectivity index (χ1) is 11.9. The Morgan fingerprint density at radius 3 is 2.16 bits per heavy atom. The maximum atomic E-state index is 11.5. The van der Waals surface area contributed by atoms with Gasteiger partial charge in [-0.05, 0) is 55.8 Å². The Balaban J connectivity index is 1.83. The number of ether oxygens (including phenoxy) is 2. The average Bonchev–Trinajstić information content (AvgIpc) is 2.60. The van der Waals surface area contributed by atoms with Gasteiger partial charge in [-0.1, -0.05) is 30.7 Å². The zero-order valence-corrected chi connectivity index (χ0v) is 15.6. The molecule has 2 aromatic rings. The third kappa shape index (κ3) is 6.67. The summed E-state index contributed by atoms with van der Waals surface area (Å²) in [5.41, 5.74) is 0.629. The molecule has 0 heterocycles. The van der Waals surface area contributed by atoms with Crippen molar-refractivity contribution in [1.82, 2.24) is 5.32 Å². The molecule has 0 radical (unpaired) electrons. The van der Waals surface area contributed by atoms with Crippen LogP contribution in [0.4, 0.5) is 0 Å². The molecular weight excluding hydrogens is 338 g/mol. The van der Waals surface area contributed by atoms with E-state index in [1.165, 1.54) is 0 Å².